The van der Waals surface area contributed by atoms with Gasteiger partial charge < -0.3 is 25.4 Å². The molecule has 4 rings (SSSR count). The first kappa shape index (κ1) is 26.1. The van der Waals surface area contributed by atoms with Gasteiger partial charge in [-0.25, -0.2) is 18.1 Å². The van der Waals surface area contributed by atoms with E-state index in [1.807, 2.05) is 18.2 Å². The van der Waals surface area contributed by atoms with Crippen molar-refractivity contribution >= 4 is 49.1 Å². The Balaban J connectivity index is 1.58. The van der Waals surface area contributed by atoms with Gasteiger partial charge in [-0.05, 0) is 73.6 Å². The number of nitrogens with one attached hydrogen (secondary N) is 4. The fourth-order valence-corrected chi connectivity index (χ4v) is 5.12. The highest BCUT2D eigenvalue weighted by molar-refractivity contribution is 9.10. The van der Waals surface area contributed by atoms with Gasteiger partial charge in [0.2, 0.25) is 16.0 Å². The molecule has 10 nitrogen and oxygen atoms in total. The third-order valence-electron chi connectivity index (χ3n) is 5.85. The second-order valence-corrected chi connectivity index (χ2v) is 10.9. The van der Waals surface area contributed by atoms with E-state index in [4.69, 9.17) is 9.47 Å². The smallest absolute Gasteiger partial charge is 0.242 e. The van der Waals surface area contributed by atoms with Crippen LogP contribution in [0.15, 0.2) is 58.0 Å². The van der Waals surface area contributed by atoms with Gasteiger partial charge in [-0.15, -0.1) is 0 Å². The van der Waals surface area contributed by atoms with E-state index < -0.39 is 10.0 Å². The summed E-state index contributed by atoms with van der Waals surface area (Å²) in [6, 6.07) is 12.4. The van der Waals surface area contributed by atoms with Crippen LogP contribution in [0.5, 0.6) is 11.5 Å². The summed E-state index contributed by atoms with van der Waals surface area (Å²) < 4.78 is 39.4. The summed E-state index contributed by atoms with van der Waals surface area (Å²) in [5, 5.41) is 9.73. The number of sulfonamides is 1. The fourth-order valence-electron chi connectivity index (χ4n) is 3.94. The second-order valence-electron chi connectivity index (χ2n) is 8.23. The number of anilines is 4. The number of methoxy groups -OCH3 is 1. The molecule has 2 heterocycles. The van der Waals surface area contributed by atoms with Crippen molar-refractivity contribution < 1.29 is 17.9 Å². The molecule has 0 amide bonds. The molecule has 0 radical (unpaired) electrons. The van der Waals surface area contributed by atoms with Crippen LogP contribution < -0.4 is 30.1 Å². The SMILES string of the molecule is CNS(=O)(=O)c1ccccc1Nc1nc(Nc2cc(O[C@H](C)C3CCCN3)ccc2OC)ncc1Br. The Kier molecular flexibility index (Phi) is 8.29. The van der Waals surface area contributed by atoms with E-state index in [1.54, 1.807) is 31.5 Å². The first-order valence-corrected chi connectivity index (χ1v) is 13.8. The van der Waals surface area contributed by atoms with Crippen molar-refractivity contribution in [1.29, 1.82) is 0 Å². The van der Waals surface area contributed by atoms with Crippen LogP contribution in [0.1, 0.15) is 19.8 Å². The molecule has 0 aliphatic carbocycles. The number of hydrogen-bond donors (Lipinski definition) is 4. The van der Waals surface area contributed by atoms with Crippen molar-refractivity contribution in [3.63, 3.8) is 0 Å². The van der Waals surface area contributed by atoms with Gasteiger partial charge >= 0.3 is 0 Å². The third kappa shape index (κ3) is 6.06. The largest absolute Gasteiger partial charge is 0.495 e. The minimum absolute atomic E-state index is 0.0161. The molecule has 1 aromatic heterocycles. The molecule has 4 N–H and O–H groups in total. The van der Waals surface area contributed by atoms with Crippen molar-refractivity contribution in [2.24, 2.45) is 0 Å². The number of rotatable bonds is 10. The Bertz CT molecular complexity index is 1320. The molecular weight excluding hydrogens is 548 g/mol. The average molecular weight is 578 g/mol. The molecule has 0 saturated carbocycles. The average Bonchev–Trinajstić information content (AvgIpc) is 3.42. The molecule has 1 aliphatic rings. The molecule has 1 aliphatic heterocycles. The Hall–Kier alpha value is -2.93. The van der Waals surface area contributed by atoms with E-state index in [2.05, 4.69) is 53.5 Å². The van der Waals surface area contributed by atoms with Crippen molar-refractivity contribution in [3.05, 3.63) is 53.1 Å². The molecule has 0 bridgehead atoms. The maximum Gasteiger partial charge on any atom is 0.242 e. The molecule has 12 heteroatoms. The lowest BCUT2D eigenvalue weighted by molar-refractivity contribution is 0.180. The van der Waals surface area contributed by atoms with Gasteiger partial charge in [0.25, 0.3) is 0 Å². The molecule has 3 aromatic rings. The zero-order valence-corrected chi connectivity index (χ0v) is 22.6. The highest BCUT2D eigenvalue weighted by Crippen LogP contribution is 2.33. The maximum absolute atomic E-state index is 12.4. The second kappa shape index (κ2) is 11.4. The predicted molar refractivity (Wildman–Crippen MR) is 143 cm³/mol. The van der Waals surface area contributed by atoms with Gasteiger partial charge in [-0.2, -0.15) is 4.98 Å². The summed E-state index contributed by atoms with van der Waals surface area (Å²) >= 11 is 3.43. The summed E-state index contributed by atoms with van der Waals surface area (Å²) in [7, 11) is -0.722. The lowest BCUT2D eigenvalue weighted by Gasteiger charge is -2.22. The van der Waals surface area contributed by atoms with E-state index in [-0.39, 0.29) is 16.9 Å². The molecule has 1 saturated heterocycles. The van der Waals surface area contributed by atoms with Crippen LogP contribution in [-0.2, 0) is 10.0 Å². The third-order valence-corrected chi connectivity index (χ3v) is 7.90. The molecule has 1 unspecified atom stereocenters. The van der Waals surface area contributed by atoms with Crippen LogP contribution in [0.2, 0.25) is 0 Å². The molecule has 1 fully saturated rings. The minimum Gasteiger partial charge on any atom is -0.495 e. The highest BCUT2D eigenvalue weighted by atomic mass is 79.9. The van der Waals surface area contributed by atoms with E-state index in [1.165, 1.54) is 13.1 Å². The van der Waals surface area contributed by atoms with Crippen molar-refractivity contribution in [2.45, 2.75) is 36.8 Å². The zero-order chi connectivity index (χ0) is 25.7. The number of benzene rings is 2. The molecule has 192 valence electrons. The van der Waals surface area contributed by atoms with Crippen LogP contribution in [0.4, 0.5) is 23.1 Å². The molecule has 36 heavy (non-hydrogen) atoms. The van der Waals surface area contributed by atoms with Crippen LogP contribution in [-0.4, -0.2) is 51.2 Å². The number of para-hydroxylation sites is 1. The minimum atomic E-state index is -3.67. The van der Waals surface area contributed by atoms with Crippen LogP contribution in [0.3, 0.4) is 0 Å². The monoisotopic (exact) mass is 576 g/mol. The number of hydrogen-bond acceptors (Lipinski definition) is 9. The molecule has 0 spiro atoms. The normalized spacial score (nSPS) is 16.4. The summed E-state index contributed by atoms with van der Waals surface area (Å²) in [4.78, 5) is 8.99. The number of halogens is 1. The Morgan fingerprint density at radius 1 is 1.17 bits per heavy atom. The molecule has 2 aromatic carbocycles. The standard InChI is InChI=1S/C24H29BrN6O4S/c1-15(18-8-6-12-27-18)35-16-10-11-21(34-3)20(13-16)30-24-28-14-17(25)23(31-24)29-19-7-4-5-9-22(19)36(32,33)26-2/h4-5,7,9-11,13-15,18,26-27H,6,8,12H2,1-3H3,(H2,28,29,30,31)/t15-,18?/m1/s1. The number of nitrogens with zero attached hydrogens (tertiary/aromatic N) is 2. The van der Waals surface area contributed by atoms with Gasteiger partial charge in [-0.3, -0.25) is 0 Å². The molecular formula is C24H29BrN6O4S. The summed E-state index contributed by atoms with van der Waals surface area (Å²) in [5.41, 5.74) is 1.01. The Morgan fingerprint density at radius 2 is 1.97 bits per heavy atom. The van der Waals surface area contributed by atoms with Crippen LogP contribution in [0.25, 0.3) is 0 Å². The topological polar surface area (TPSA) is 127 Å². The first-order valence-electron chi connectivity index (χ1n) is 11.5. The van der Waals surface area contributed by atoms with Gasteiger partial charge in [-0.1, -0.05) is 12.1 Å². The fraction of sp³-hybridized carbons (Fsp3) is 0.333. The lowest BCUT2D eigenvalue weighted by atomic mass is 10.1. The first-order chi connectivity index (χ1) is 17.3. The van der Waals surface area contributed by atoms with Gasteiger partial charge in [0.1, 0.15) is 28.3 Å². The van der Waals surface area contributed by atoms with Crippen LogP contribution in [0, 0.1) is 0 Å². The van der Waals surface area contributed by atoms with Crippen LogP contribution >= 0.6 is 15.9 Å². The number of aromatic nitrogens is 2. The zero-order valence-electron chi connectivity index (χ0n) is 20.2. The van der Waals surface area contributed by atoms with Gasteiger partial charge in [0, 0.05) is 18.3 Å². The summed E-state index contributed by atoms with van der Waals surface area (Å²) in [6.07, 6.45) is 3.83. The highest BCUT2D eigenvalue weighted by Gasteiger charge is 2.23. The molecule has 2 atom stereocenters. The van der Waals surface area contributed by atoms with E-state index >= 15 is 0 Å². The summed E-state index contributed by atoms with van der Waals surface area (Å²) in [6.45, 7) is 3.07. The van der Waals surface area contributed by atoms with E-state index in [0.717, 1.165) is 19.4 Å². The van der Waals surface area contributed by atoms with Gasteiger partial charge in [0.15, 0.2) is 0 Å². The predicted octanol–water partition coefficient (Wildman–Crippen LogP) is 4.16. The van der Waals surface area contributed by atoms with Gasteiger partial charge in [0.05, 0.1) is 23.0 Å². The van der Waals surface area contributed by atoms with E-state index in [0.29, 0.717) is 39.2 Å². The summed E-state index contributed by atoms with van der Waals surface area (Å²) in [5.74, 6) is 1.97. The quantitative estimate of drug-likeness (QED) is 0.281. The lowest BCUT2D eigenvalue weighted by Crippen LogP contribution is -2.36. The van der Waals surface area contributed by atoms with Crippen molar-refractivity contribution in [2.75, 3.05) is 31.3 Å². The Labute approximate surface area is 219 Å². The van der Waals surface area contributed by atoms with E-state index in [9.17, 15) is 8.42 Å². The number of ether oxygens (including phenoxy) is 2. The maximum atomic E-state index is 12.4. The van der Waals surface area contributed by atoms with Crippen molar-refractivity contribution in [1.82, 2.24) is 20.0 Å². The Morgan fingerprint density at radius 3 is 2.69 bits per heavy atom. The van der Waals surface area contributed by atoms with Crippen molar-refractivity contribution in [3.8, 4) is 11.5 Å².